The van der Waals surface area contributed by atoms with Crippen LogP contribution >= 0.6 is 38.9 Å². The number of alkyl halides is 1. The van der Waals surface area contributed by atoms with E-state index in [1.807, 2.05) is 0 Å². The fourth-order valence-corrected chi connectivity index (χ4v) is 5.28. The first-order chi connectivity index (χ1) is 9.27. The number of thiophene rings is 1. The Balaban J connectivity index is 1.92. The molecule has 3 heteroatoms. The topological polar surface area (TPSA) is 0 Å². The van der Waals surface area contributed by atoms with Crippen LogP contribution in [0.2, 0.25) is 0 Å². The van der Waals surface area contributed by atoms with Crippen LogP contribution in [0.4, 0.5) is 0 Å². The summed E-state index contributed by atoms with van der Waals surface area (Å²) in [6.07, 6.45) is 8.05. The Kier molecular flexibility index (Phi) is 4.51. The maximum absolute atomic E-state index is 6.82. The molecule has 3 rings (SSSR count). The van der Waals surface area contributed by atoms with Gasteiger partial charge in [-0.3, -0.25) is 0 Å². The molecule has 1 fully saturated rings. The van der Waals surface area contributed by atoms with Gasteiger partial charge >= 0.3 is 0 Å². The van der Waals surface area contributed by atoms with E-state index in [0.29, 0.717) is 5.92 Å². The van der Waals surface area contributed by atoms with Crippen LogP contribution in [0.5, 0.6) is 0 Å². The third kappa shape index (κ3) is 2.86. The van der Waals surface area contributed by atoms with Crippen LogP contribution < -0.4 is 0 Å². The molecule has 1 aromatic carbocycles. The molecular weight excluding hydrogens is 340 g/mol. The molecule has 0 bridgehead atoms. The van der Waals surface area contributed by atoms with Crippen molar-refractivity contribution in [2.75, 3.05) is 0 Å². The Morgan fingerprint density at radius 2 is 1.89 bits per heavy atom. The molecule has 0 N–H and O–H groups in total. The normalized spacial score (nSPS) is 19.5. The average molecular weight is 358 g/mol. The third-order valence-corrected chi connectivity index (χ3v) is 6.75. The molecule has 0 saturated heterocycles. The summed E-state index contributed by atoms with van der Waals surface area (Å²) in [7, 11) is 0. The molecule has 19 heavy (non-hydrogen) atoms. The first-order valence-electron chi connectivity index (χ1n) is 7.07. The summed E-state index contributed by atoms with van der Waals surface area (Å²) in [4.78, 5) is 0. The smallest absolute Gasteiger partial charge is 0.0627 e. The van der Waals surface area contributed by atoms with Crippen molar-refractivity contribution in [3.63, 3.8) is 0 Å². The van der Waals surface area contributed by atoms with E-state index in [1.54, 1.807) is 11.3 Å². The monoisotopic (exact) mass is 356 g/mol. The summed E-state index contributed by atoms with van der Waals surface area (Å²) < 4.78 is 2.52. The Hall–Kier alpha value is -0.0500. The molecule has 1 heterocycles. The highest BCUT2D eigenvalue weighted by atomic mass is 79.9. The standard InChI is InChI=1S/C16H18BrClS/c17-14-9-5-8-12-13(10-19-16(12)14)15(18)11-6-3-1-2-4-7-11/h5,8-11,15H,1-4,6-7H2. The predicted molar refractivity (Wildman–Crippen MR) is 89.3 cm³/mol. The molecular formula is C16H18BrClS. The molecule has 0 amide bonds. The van der Waals surface area contributed by atoms with Crippen LogP contribution in [-0.4, -0.2) is 0 Å². The minimum Gasteiger partial charge on any atom is -0.142 e. The summed E-state index contributed by atoms with van der Waals surface area (Å²) in [6.45, 7) is 0. The van der Waals surface area contributed by atoms with Crippen LogP contribution in [0.3, 0.4) is 0 Å². The maximum Gasteiger partial charge on any atom is 0.0627 e. The fourth-order valence-electron chi connectivity index (χ4n) is 3.11. The van der Waals surface area contributed by atoms with Crippen molar-refractivity contribution in [2.45, 2.75) is 43.9 Å². The molecule has 1 aromatic heterocycles. The molecule has 2 aromatic rings. The second-order valence-electron chi connectivity index (χ2n) is 5.46. The zero-order valence-electron chi connectivity index (χ0n) is 10.9. The summed E-state index contributed by atoms with van der Waals surface area (Å²) in [5.41, 5.74) is 1.34. The zero-order valence-corrected chi connectivity index (χ0v) is 14.0. The average Bonchev–Trinajstić information content (AvgIpc) is 2.67. The lowest BCUT2D eigenvalue weighted by Crippen LogP contribution is -2.06. The van der Waals surface area contributed by atoms with Crippen molar-refractivity contribution in [1.82, 2.24) is 0 Å². The molecule has 0 nitrogen and oxygen atoms in total. The summed E-state index contributed by atoms with van der Waals surface area (Å²) in [5.74, 6) is 0.654. The molecule has 0 radical (unpaired) electrons. The van der Waals surface area contributed by atoms with E-state index in [2.05, 4.69) is 39.5 Å². The second kappa shape index (κ2) is 6.15. The molecule has 1 aliphatic carbocycles. The number of benzene rings is 1. The number of rotatable bonds is 2. The Bertz CT molecular complexity index is 555. The zero-order chi connectivity index (χ0) is 13.2. The Morgan fingerprint density at radius 3 is 2.63 bits per heavy atom. The fraction of sp³-hybridized carbons (Fsp3) is 0.500. The highest BCUT2D eigenvalue weighted by molar-refractivity contribution is 9.10. The Labute approximate surface area is 132 Å². The van der Waals surface area contributed by atoms with Crippen LogP contribution in [0.1, 0.15) is 49.5 Å². The van der Waals surface area contributed by atoms with Crippen LogP contribution in [-0.2, 0) is 0 Å². The molecule has 1 atom stereocenters. The van der Waals surface area contributed by atoms with Crippen molar-refractivity contribution < 1.29 is 0 Å². The van der Waals surface area contributed by atoms with Gasteiger partial charge in [0, 0.05) is 9.17 Å². The predicted octanol–water partition coefficient (Wildman–Crippen LogP) is 6.91. The summed E-state index contributed by atoms with van der Waals surface area (Å²) in [6, 6.07) is 6.43. The van der Waals surface area contributed by atoms with Crippen molar-refractivity contribution in [1.29, 1.82) is 0 Å². The van der Waals surface area contributed by atoms with Gasteiger partial charge in [-0.1, -0.05) is 37.8 Å². The van der Waals surface area contributed by atoms with Crippen LogP contribution in [0.15, 0.2) is 28.1 Å². The van der Waals surface area contributed by atoms with E-state index in [0.717, 1.165) is 0 Å². The number of fused-ring (bicyclic) bond motifs is 1. The van der Waals surface area contributed by atoms with E-state index in [-0.39, 0.29) is 5.38 Å². The van der Waals surface area contributed by atoms with E-state index < -0.39 is 0 Å². The molecule has 1 aliphatic rings. The Morgan fingerprint density at radius 1 is 1.16 bits per heavy atom. The number of hydrogen-bond donors (Lipinski definition) is 0. The highest BCUT2D eigenvalue weighted by Gasteiger charge is 2.24. The number of halogens is 2. The minimum absolute atomic E-state index is 0.182. The van der Waals surface area contributed by atoms with Gasteiger partial charge in [-0.05, 0) is 57.1 Å². The van der Waals surface area contributed by atoms with E-state index in [9.17, 15) is 0 Å². The van der Waals surface area contributed by atoms with E-state index in [4.69, 9.17) is 11.6 Å². The largest absolute Gasteiger partial charge is 0.142 e. The molecule has 0 spiro atoms. The van der Waals surface area contributed by atoms with Crippen molar-refractivity contribution >= 4 is 49.0 Å². The van der Waals surface area contributed by atoms with E-state index in [1.165, 1.54) is 58.6 Å². The second-order valence-corrected chi connectivity index (χ2v) is 7.67. The summed E-state index contributed by atoms with van der Waals surface area (Å²) in [5, 5.41) is 3.78. The lowest BCUT2D eigenvalue weighted by atomic mass is 9.92. The quantitative estimate of drug-likeness (QED) is 0.404. The molecule has 0 aliphatic heterocycles. The lowest BCUT2D eigenvalue weighted by molar-refractivity contribution is 0.447. The van der Waals surface area contributed by atoms with Gasteiger partial charge in [0.05, 0.1) is 5.38 Å². The SMILES string of the molecule is ClC(c1csc2c(Br)cccc12)C1CCCCCC1. The van der Waals surface area contributed by atoms with Gasteiger partial charge in [-0.15, -0.1) is 22.9 Å². The minimum atomic E-state index is 0.182. The molecule has 1 unspecified atom stereocenters. The first-order valence-corrected chi connectivity index (χ1v) is 9.18. The number of hydrogen-bond acceptors (Lipinski definition) is 1. The third-order valence-electron chi connectivity index (χ3n) is 4.19. The van der Waals surface area contributed by atoms with Gasteiger partial charge in [0.15, 0.2) is 0 Å². The van der Waals surface area contributed by atoms with Crippen molar-refractivity contribution in [3.8, 4) is 0 Å². The van der Waals surface area contributed by atoms with Gasteiger partial charge in [-0.25, -0.2) is 0 Å². The van der Waals surface area contributed by atoms with Crippen LogP contribution in [0.25, 0.3) is 10.1 Å². The summed E-state index contributed by atoms with van der Waals surface area (Å²) >= 11 is 12.3. The van der Waals surface area contributed by atoms with Gasteiger partial charge in [0.2, 0.25) is 0 Å². The molecule has 1 saturated carbocycles. The highest BCUT2D eigenvalue weighted by Crippen LogP contribution is 2.43. The van der Waals surface area contributed by atoms with Gasteiger partial charge in [0.25, 0.3) is 0 Å². The van der Waals surface area contributed by atoms with Crippen molar-refractivity contribution in [3.05, 3.63) is 33.6 Å². The van der Waals surface area contributed by atoms with E-state index >= 15 is 0 Å². The first kappa shape index (κ1) is 13.9. The van der Waals surface area contributed by atoms with Crippen LogP contribution in [0, 0.1) is 5.92 Å². The van der Waals surface area contributed by atoms with Gasteiger partial charge in [0.1, 0.15) is 0 Å². The lowest BCUT2D eigenvalue weighted by Gasteiger charge is -2.20. The molecule has 102 valence electrons. The van der Waals surface area contributed by atoms with Gasteiger partial charge in [-0.2, -0.15) is 0 Å². The maximum atomic E-state index is 6.82. The van der Waals surface area contributed by atoms with Gasteiger partial charge < -0.3 is 0 Å². The van der Waals surface area contributed by atoms with Crippen molar-refractivity contribution in [2.24, 2.45) is 5.92 Å².